The zero-order valence-corrected chi connectivity index (χ0v) is 20.0. The van der Waals surface area contributed by atoms with Crippen LogP contribution in [0.3, 0.4) is 0 Å². The molecule has 4 aromatic rings. The molecule has 0 spiro atoms. The number of aryl methyl sites for hydroxylation is 1. The lowest BCUT2D eigenvalue weighted by Gasteiger charge is -2.20. The van der Waals surface area contributed by atoms with Crippen molar-refractivity contribution in [2.24, 2.45) is 0 Å². The molecule has 0 fully saturated rings. The lowest BCUT2D eigenvalue weighted by Crippen LogP contribution is -2.03. The van der Waals surface area contributed by atoms with E-state index in [9.17, 15) is 4.39 Å². The van der Waals surface area contributed by atoms with Crippen molar-refractivity contribution < 1.29 is 8.78 Å². The predicted octanol–water partition coefficient (Wildman–Crippen LogP) is 9.79. The van der Waals surface area contributed by atoms with Crippen LogP contribution in [-0.2, 0) is 12.8 Å². The average Bonchev–Trinajstić information content (AvgIpc) is 2.84. The highest BCUT2D eigenvalue weighted by Gasteiger charge is 2.20. The Labute approximate surface area is 200 Å². The van der Waals surface area contributed by atoms with Crippen molar-refractivity contribution in [1.82, 2.24) is 0 Å². The van der Waals surface area contributed by atoms with Gasteiger partial charge in [-0.3, -0.25) is 0 Å². The van der Waals surface area contributed by atoms with E-state index in [4.69, 9.17) is 11.6 Å². The minimum absolute atomic E-state index is 0.105. The van der Waals surface area contributed by atoms with Gasteiger partial charge in [0.2, 0.25) is 0 Å². The maximum atomic E-state index is 16.0. The molecule has 170 valence electrons. The largest absolute Gasteiger partial charge is 0.206 e. The second kappa shape index (κ2) is 10.5. The first kappa shape index (κ1) is 23.4. The molecule has 33 heavy (non-hydrogen) atoms. The van der Waals surface area contributed by atoms with E-state index >= 15 is 4.39 Å². The monoisotopic (exact) mass is 462 g/mol. The van der Waals surface area contributed by atoms with Crippen molar-refractivity contribution in [3.05, 3.63) is 94.5 Å². The Kier molecular flexibility index (Phi) is 7.45. The third-order valence-corrected chi connectivity index (χ3v) is 6.67. The lowest BCUT2D eigenvalue weighted by molar-refractivity contribution is 0.629. The van der Waals surface area contributed by atoms with Crippen LogP contribution in [0.25, 0.3) is 33.0 Å². The molecule has 0 aliphatic heterocycles. The molecule has 4 aromatic carbocycles. The third kappa shape index (κ3) is 4.82. The van der Waals surface area contributed by atoms with Crippen molar-refractivity contribution >= 4 is 22.4 Å². The zero-order valence-electron chi connectivity index (χ0n) is 19.2. The summed E-state index contributed by atoms with van der Waals surface area (Å²) in [7, 11) is 0. The summed E-state index contributed by atoms with van der Waals surface area (Å²) in [5.41, 5.74) is 5.60. The molecule has 0 amide bonds. The molecule has 0 radical (unpaired) electrons. The van der Waals surface area contributed by atoms with Gasteiger partial charge in [0, 0.05) is 10.9 Å². The van der Waals surface area contributed by atoms with Crippen molar-refractivity contribution in [3.8, 4) is 22.3 Å². The molecule has 4 rings (SSSR count). The van der Waals surface area contributed by atoms with Crippen LogP contribution in [0.4, 0.5) is 8.78 Å². The quantitative estimate of drug-likeness (QED) is 0.244. The number of unbranched alkanes of at least 4 members (excludes halogenated alkanes) is 2. The van der Waals surface area contributed by atoms with Gasteiger partial charge in [0.25, 0.3) is 0 Å². The van der Waals surface area contributed by atoms with Crippen LogP contribution in [0, 0.1) is 11.6 Å². The number of fused-ring (bicyclic) bond motifs is 1. The summed E-state index contributed by atoms with van der Waals surface area (Å²) in [5.74, 6) is -0.594. The van der Waals surface area contributed by atoms with Gasteiger partial charge >= 0.3 is 0 Å². The van der Waals surface area contributed by atoms with Crippen molar-refractivity contribution in [2.75, 3.05) is 0 Å². The Hall–Kier alpha value is -2.71. The van der Waals surface area contributed by atoms with Crippen molar-refractivity contribution in [1.29, 1.82) is 0 Å². The van der Waals surface area contributed by atoms with Crippen molar-refractivity contribution in [3.63, 3.8) is 0 Å². The Balaban J connectivity index is 1.88. The number of benzene rings is 4. The average molecular weight is 463 g/mol. The van der Waals surface area contributed by atoms with Crippen LogP contribution >= 0.6 is 11.6 Å². The van der Waals surface area contributed by atoms with Crippen LogP contribution in [0.2, 0.25) is 5.02 Å². The Morgan fingerprint density at radius 2 is 1.24 bits per heavy atom. The van der Waals surface area contributed by atoms with E-state index < -0.39 is 5.82 Å². The van der Waals surface area contributed by atoms with E-state index in [1.165, 1.54) is 11.6 Å². The molecule has 0 bridgehead atoms. The highest BCUT2D eigenvalue weighted by atomic mass is 35.5. The van der Waals surface area contributed by atoms with Gasteiger partial charge < -0.3 is 0 Å². The molecule has 0 saturated carbocycles. The summed E-state index contributed by atoms with van der Waals surface area (Å²) in [4.78, 5) is 0. The predicted molar refractivity (Wildman–Crippen MR) is 137 cm³/mol. The molecule has 0 atom stereocenters. The first-order valence-corrected chi connectivity index (χ1v) is 12.2. The smallest absolute Gasteiger partial charge is 0.142 e. The van der Waals surface area contributed by atoms with Crippen LogP contribution in [0.15, 0.2) is 66.7 Å². The summed E-state index contributed by atoms with van der Waals surface area (Å²) >= 11 is 5.83. The van der Waals surface area contributed by atoms with Gasteiger partial charge in [-0.1, -0.05) is 92.9 Å². The highest BCUT2D eigenvalue weighted by Crippen LogP contribution is 2.38. The number of halogens is 3. The molecular weight excluding hydrogens is 434 g/mol. The van der Waals surface area contributed by atoms with Gasteiger partial charge in [-0.25, -0.2) is 8.78 Å². The Bertz CT molecular complexity index is 1260. The van der Waals surface area contributed by atoms with E-state index in [0.717, 1.165) is 66.2 Å². The molecular formula is C30H29ClF2. The molecule has 0 unspecified atom stereocenters. The molecule has 0 aliphatic rings. The first-order valence-electron chi connectivity index (χ1n) is 11.8. The van der Waals surface area contributed by atoms with E-state index in [2.05, 4.69) is 19.9 Å². The molecule has 0 aliphatic carbocycles. The highest BCUT2D eigenvalue weighted by molar-refractivity contribution is 6.30. The standard InChI is InChI=1S/C30H29ClF2/c1-3-5-9-23-24-11-7-8-12-26(24)30(33)29(25(23)10-6-4-2)21-15-13-20(14-16-21)22-17-18-27(31)28(32)19-22/h7-8,11-19H,3-6,9-10H2,1-2H3. The van der Waals surface area contributed by atoms with Crippen LogP contribution in [0.5, 0.6) is 0 Å². The second-order valence-corrected chi connectivity index (χ2v) is 9.01. The number of hydrogen-bond acceptors (Lipinski definition) is 0. The summed E-state index contributed by atoms with van der Waals surface area (Å²) in [6.45, 7) is 4.36. The minimum Gasteiger partial charge on any atom is -0.206 e. The van der Waals surface area contributed by atoms with E-state index in [-0.39, 0.29) is 10.8 Å². The fourth-order valence-electron chi connectivity index (χ4n) is 4.59. The molecule has 0 nitrogen and oxygen atoms in total. The minimum atomic E-state index is -0.443. The maximum absolute atomic E-state index is 16.0. The van der Waals surface area contributed by atoms with E-state index in [0.29, 0.717) is 10.9 Å². The third-order valence-electron chi connectivity index (χ3n) is 6.36. The summed E-state index contributed by atoms with van der Waals surface area (Å²) < 4.78 is 29.9. The topological polar surface area (TPSA) is 0 Å². The fourth-order valence-corrected chi connectivity index (χ4v) is 4.71. The molecule has 3 heteroatoms. The van der Waals surface area contributed by atoms with Gasteiger partial charge in [0.15, 0.2) is 0 Å². The van der Waals surface area contributed by atoms with E-state index in [1.54, 1.807) is 12.1 Å². The number of hydrogen-bond donors (Lipinski definition) is 0. The number of rotatable bonds is 8. The van der Waals surface area contributed by atoms with Crippen molar-refractivity contribution in [2.45, 2.75) is 52.4 Å². The Morgan fingerprint density at radius 3 is 1.88 bits per heavy atom. The second-order valence-electron chi connectivity index (χ2n) is 8.61. The fraction of sp³-hybridized carbons (Fsp3) is 0.267. The molecule has 0 heterocycles. The van der Waals surface area contributed by atoms with Crippen LogP contribution in [-0.4, -0.2) is 0 Å². The van der Waals surface area contributed by atoms with Gasteiger partial charge in [-0.15, -0.1) is 0 Å². The Morgan fingerprint density at radius 1 is 0.667 bits per heavy atom. The zero-order chi connectivity index (χ0) is 23.4. The van der Waals surface area contributed by atoms with E-state index in [1.807, 2.05) is 42.5 Å². The van der Waals surface area contributed by atoms with Crippen LogP contribution < -0.4 is 0 Å². The SMILES string of the molecule is CCCCc1c(-c2ccc(-c3ccc(Cl)c(F)c3)cc2)c(F)c2ccccc2c1CCCC. The molecule has 0 aromatic heterocycles. The molecule has 0 N–H and O–H groups in total. The van der Waals surface area contributed by atoms with Gasteiger partial charge in [-0.05, 0) is 71.0 Å². The maximum Gasteiger partial charge on any atom is 0.142 e. The van der Waals surface area contributed by atoms with Gasteiger partial charge in [-0.2, -0.15) is 0 Å². The van der Waals surface area contributed by atoms with Crippen LogP contribution in [0.1, 0.15) is 50.7 Å². The lowest BCUT2D eigenvalue weighted by atomic mass is 9.85. The normalized spacial score (nSPS) is 11.3. The van der Waals surface area contributed by atoms with Gasteiger partial charge in [0.05, 0.1) is 5.02 Å². The summed E-state index contributed by atoms with van der Waals surface area (Å²) in [6, 6.07) is 20.4. The first-order chi connectivity index (χ1) is 16.0. The molecule has 0 saturated heterocycles. The summed E-state index contributed by atoms with van der Waals surface area (Å²) in [6.07, 6.45) is 6.06. The summed E-state index contributed by atoms with van der Waals surface area (Å²) in [5, 5.41) is 1.82. The van der Waals surface area contributed by atoms with Gasteiger partial charge in [0.1, 0.15) is 11.6 Å².